The molecule has 1 heterocycles. The third-order valence-corrected chi connectivity index (χ3v) is 3.90. The number of hydrogen-bond donors (Lipinski definition) is 2. The molecular weight excluding hydrogens is 224 g/mol. The molecule has 1 amide bonds. The standard InChI is InChI=1S/C15H22N2O/c1-11-9-16-10-13(11)17-14(18)15(2,3)12-7-5-4-6-8-12/h4-8,11,13,16H,9-10H2,1-3H3,(H,17,18). The average Bonchev–Trinajstić information content (AvgIpc) is 2.76. The van der Waals surface area contributed by atoms with E-state index in [-0.39, 0.29) is 11.9 Å². The van der Waals surface area contributed by atoms with Crippen LogP contribution in [-0.2, 0) is 10.2 Å². The molecule has 1 aromatic carbocycles. The third-order valence-electron chi connectivity index (χ3n) is 3.90. The van der Waals surface area contributed by atoms with E-state index >= 15 is 0 Å². The quantitative estimate of drug-likeness (QED) is 0.852. The SMILES string of the molecule is CC1CNCC1NC(=O)C(C)(C)c1ccccc1. The first kappa shape index (κ1) is 13.1. The third kappa shape index (κ3) is 2.56. The fraction of sp³-hybridized carbons (Fsp3) is 0.533. The Hall–Kier alpha value is -1.35. The number of carbonyl (C=O) groups excluding carboxylic acids is 1. The Bertz CT molecular complexity index is 414. The van der Waals surface area contributed by atoms with Crippen molar-refractivity contribution in [1.82, 2.24) is 10.6 Å². The van der Waals surface area contributed by atoms with Crippen LogP contribution in [0.25, 0.3) is 0 Å². The van der Waals surface area contributed by atoms with Crippen LogP contribution in [0.15, 0.2) is 30.3 Å². The molecule has 1 saturated heterocycles. The Morgan fingerprint density at radius 3 is 2.50 bits per heavy atom. The van der Waals surface area contributed by atoms with Crippen LogP contribution in [0.4, 0.5) is 0 Å². The molecule has 1 aromatic rings. The van der Waals surface area contributed by atoms with Crippen LogP contribution in [0.5, 0.6) is 0 Å². The highest BCUT2D eigenvalue weighted by atomic mass is 16.2. The monoisotopic (exact) mass is 246 g/mol. The Morgan fingerprint density at radius 1 is 1.28 bits per heavy atom. The van der Waals surface area contributed by atoms with Gasteiger partial charge in [0.25, 0.3) is 0 Å². The van der Waals surface area contributed by atoms with Crippen molar-refractivity contribution in [3.63, 3.8) is 0 Å². The fourth-order valence-corrected chi connectivity index (χ4v) is 2.34. The van der Waals surface area contributed by atoms with Gasteiger partial charge in [0.2, 0.25) is 5.91 Å². The Kier molecular flexibility index (Phi) is 3.71. The van der Waals surface area contributed by atoms with Crippen molar-refractivity contribution >= 4 is 5.91 Å². The van der Waals surface area contributed by atoms with Crippen LogP contribution in [0.1, 0.15) is 26.3 Å². The molecule has 3 heteroatoms. The van der Waals surface area contributed by atoms with Gasteiger partial charge < -0.3 is 10.6 Å². The van der Waals surface area contributed by atoms with Crippen LogP contribution in [0, 0.1) is 5.92 Å². The maximum atomic E-state index is 12.4. The summed E-state index contributed by atoms with van der Waals surface area (Å²) in [5, 5.41) is 6.47. The first-order chi connectivity index (χ1) is 8.51. The van der Waals surface area contributed by atoms with Gasteiger partial charge in [-0.2, -0.15) is 0 Å². The van der Waals surface area contributed by atoms with E-state index in [0.717, 1.165) is 18.7 Å². The largest absolute Gasteiger partial charge is 0.351 e. The van der Waals surface area contributed by atoms with Gasteiger partial charge in [-0.1, -0.05) is 37.3 Å². The van der Waals surface area contributed by atoms with Crippen molar-refractivity contribution < 1.29 is 4.79 Å². The highest BCUT2D eigenvalue weighted by molar-refractivity contribution is 5.87. The molecule has 0 aromatic heterocycles. The molecule has 2 unspecified atom stereocenters. The Balaban J connectivity index is 2.08. The van der Waals surface area contributed by atoms with Gasteiger partial charge in [0, 0.05) is 12.6 Å². The van der Waals surface area contributed by atoms with Gasteiger partial charge in [-0.05, 0) is 31.9 Å². The number of carbonyl (C=O) groups is 1. The molecular formula is C15H22N2O. The highest BCUT2D eigenvalue weighted by Crippen LogP contribution is 2.23. The van der Waals surface area contributed by atoms with Crippen LogP contribution in [-0.4, -0.2) is 25.0 Å². The minimum absolute atomic E-state index is 0.106. The molecule has 18 heavy (non-hydrogen) atoms. The molecule has 0 spiro atoms. The predicted octanol–water partition coefficient (Wildman–Crippen LogP) is 1.69. The zero-order valence-corrected chi connectivity index (χ0v) is 11.4. The molecule has 2 rings (SSSR count). The zero-order chi connectivity index (χ0) is 13.2. The summed E-state index contributed by atoms with van der Waals surface area (Å²) >= 11 is 0. The summed E-state index contributed by atoms with van der Waals surface area (Å²) in [5.41, 5.74) is 0.574. The zero-order valence-electron chi connectivity index (χ0n) is 11.4. The first-order valence-electron chi connectivity index (χ1n) is 6.59. The minimum Gasteiger partial charge on any atom is -0.351 e. The normalized spacial score (nSPS) is 23.9. The summed E-state index contributed by atoms with van der Waals surface area (Å²) in [5.74, 6) is 0.606. The Morgan fingerprint density at radius 2 is 1.94 bits per heavy atom. The maximum Gasteiger partial charge on any atom is 0.230 e. The van der Waals surface area contributed by atoms with Crippen LogP contribution in [0.2, 0.25) is 0 Å². The van der Waals surface area contributed by atoms with Gasteiger partial charge in [0.1, 0.15) is 0 Å². The molecule has 1 aliphatic rings. The molecule has 1 aliphatic heterocycles. The predicted molar refractivity (Wildman–Crippen MR) is 73.4 cm³/mol. The summed E-state index contributed by atoms with van der Waals surface area (Å²) < 4.78 is 0. The summed E-state index contributed by atoms with van der Waals surface area (Å²) in [7, 11) is 0. The highest BCUT2D eigenvalue weighted by Gasteiger charge is 2.33. The summed E-state index contributed by atoms with van der Waals surface area (Å²) in [6.07, 6.45) is 0. The number of benzene rings is 1. The van der Waals surface area contributed by atoms with Crippen molar-refractivity contribution in [3.8, 4) is 0 Å². The van der Waals surface area contributed by atoms with Crippen molar-refractivity contribution in [1.29, 1.82) is 0 Å². The van der Waals surface area contributed by atoms with Crippen LogP contribution < -0.4 is 10.6 Å². The molecule has 3 nitrogen and oxygen atoms in total. The molecule has 0 bridgehead atoms. The van der Waals surface area contributed by atoms with Gasteiger partial charge in [-0.25, -0.2) is 0 Å². The van der Waals surface area contributed by atoms with Crippen molar-refractivity contribution in [2.24, 2.45) is 5.92 Å². The van der Waals surface area contributed by atoms with Crippen LogP contribution in [0.3, 0.4) is 0 Å². The van der Waals surface area contributed by atoms with E-state index in [0.29, 0.717) is 5.92 Å². The molecule has 0 saturated carbocycles. The second kappa shape index (κ2) is 5.11. The lowest BCUT2D eigenvalue weighted by atomic mass is 9.83. The van der Waals surface area contributed by atoms with Crippen molar-refractivity contribution in [2.45, 2.75) is 32.2 Å². The van der Waals surface area contributed by atoms with Crippen molar-refractivity contribution in [3.05, 3.63) is 35.9 Å². The van der Waals surface area contributed by atoms with Gasteiger partial charge in [0.15, 0.2) is 0 Å². The number of amides is 1. The second-order valence-corrected chi connectivity index (χ2v) is 5.71. The second-order valence-electron chi connectivity index (χ2n) is 5.71. The topological polar surface area (TPSA) is 41.1 Å². The van der Waals surface area contributed by atoms with Gasteiger partial charge >= 0.3 is 0 Å². The summed E-state index contributed by atoms with van der Waals surface area (Å²) in [4.78, 5) is 12.4. The molecule has 2 N–H and O–H groups in total. The summed E-state index contributed by atoms with van der Waals surface area (Å²) in [6.45, 7) is 7.98. The Labute approximate surface area is 109 Å². The molecule has 1 fully saturated rings. The van der Waals surface area contributed by atoms with Crippen LogP contribution >= 0.6 is 0 Å². The molecule has 2 atom stereocenters. The van der Waals surface area contributed by atoms with E-state index in [1.54, 1.807) is 0 Å². The number of nitrogens with one attached hydrogen (secondary N) is 2. The van der Waals surface area contributed by atoms with Crippen molar-refractivity contribution in [2.75, 3.05) is 13.1 Å². The minimum atomic E-state index is -0.483. The molecule has 0 radical (unpaired) electrons. The summed E-state index contributed by atoms with van der Waals surface area (Å²) in [6, 6.07) is 10.2. The smallest absolute Gasteiger partial charge is 0.230 e. The van der Waals surface area contributed by atoms with Gasteiger partial charge in [-0.15, -0.1) is 0 Å². The first-order valence-corrected chi connectivity index (χ1v) is 6.59. The lowest BCUT2D eigenvalue weighted by molar-refractivity contribution is -0.126. The average molecular weight is 246 g/mol. The van der Waals surface area contributed by atoms with E-state index in [1.807, 2.05) is 44.2 Å². The van der Waals surface area contributed by atoms with Gasteiger partial charge in [-0.3, -0.25) is 4.79 Å². The van der Waals surface area contributed by atoms with E-state index < -0.39 is 5.41 Å². The van der Waals surface area contributed by atoms with E-state index in [1.165, 1.54) is 0 Å². The van der Waals surface area contributed by atoms with E-state index in [2.05, 4.69) is 17.6 Å². The fourth-order valence-electron chi connectivity index (χ4n) is 2.34. The number of rotatable bonds is 3. The number of hydrogen-bond acceptors (Lipinski definition) is 2. The molecule has 0 aliphatic carbocycles. The maximum absolute atomic E-state index is 12.4. The lowest BCUT2D eigenvalue weighted by Crippen LogP contribution is -2.47. The van der Waals surface area contributed by atoms with E-state index in [4.69, 9.17) is 0 Å². The van der Waals surface area contributed by atoms with E-state index in [9.17, 15) is 4.79 Å². The van der Waals surface area contributed by atoms with Gasteiger partial charge in [0.05, 0.1) is 5.41 Å². The molecule has 98 valence electrons. The lowest BCUT2D eigenvalue weighted by Gasteiger charge is -2.27.